The Morgan fingerprint density at radius 2 is 2.07 bits per heavy atom. The number of hydrogen-bond acceptors (Lipinski definition) is 4. The van der Waals surface area contributed by atoms with E-state index in [-0.39, 0.29) is 18.3 Å². The smallest absolute Gasteiger partial charge is 0.254 e. The fraction of sp³-hybridized carbons (Fsp3) is 0.238. The molecule has 0 spiro atoms. The van der Waals surface area contributed by atoms with Crippen molar-refractivity contribution in [1.82, 2.24) is 10.3 Å². The van der Waals surface area contributed by atoms with Crippen LogP contribution >= 0.6 is 11.8 Å². The number of carbonyl (C=O) groups excluding carboxylic acids is 1. The van der Waals surface area contributed by atoms with Gasteiger partial charge in [0.1, 0.15) is 16.6 Å². The van der Waals surface area contributed by atoms with E-state index in [4.69, 9.17) is 4.74 Å². The molecule has 140 valence electrons. The van der Waals surface area contributed by atoms with Crippen molar-refractivity contribution in [3.63, 3.8) is 0 Å². The summed E-state index contributed by atoms with van der Waals surface area (Å²) in [5.74, 6) is 0.983. The summed E-state index contributed by atoms with van der Waals surface area (Å²) >= 11 is 1.53. The van der Waals surface area contributed by atoms with Crippen molar-refractivity contribution >= 4 is 28.6 Å². The molecule has 0 radical (unpaired) electrons. The first-order chi connectivity index (χ1) is 13.0. The van der Waals surface area contributed by atoms with Gasteiger partial charge in [-0.1, -0.05) is 19.1 Å². The van der Waals surface area contributed by atoms with Gasteiger partial charge in [-0.25, -0.2) is 9.37 Å². The highest BCUT2D eigenvalue weighted by Crippen LogP contribution is 2.31. The monoisotopic (exact) mass is 384 g/mol. The van der Waals surface area contributed by atoms with Crippen molar-refractivity contribution in [1.29, 1.82) is 0 Å². The Kier molecular flexibility index (Phi) is 5.96. The van der Waals surface area contributed by atoms with Crippen LogP contribution in [0.15, 0.2) is 47.5 Å². The van der Waals surface area contributed by atoms with Gasteiger partial charge in [-0.05, 0) is 54.1 Å². The fourth-order valence-corrected chi connectivity index (χ4v) is 3.75. The van der Waals surface area contributed by atoms with Crippen LogP contribution in [0.3, 0.4) is 0 Å². The molecule has 3 rings (SSSR count). The summed E-state index contributed by atoms with van der Waals surface area (Å²) in [5, 5.41) is 4.46. The molecule has 0 aliphatic rings. The number of aromatic nitrogens is 1. The van der Waals surface area contributed by atoms with E-state index in [0.29, 0.717) is 16.2 Å². The molecule has 0 saturated heterocycles. The summed E-state index contributed by atoms with van der Waals surface area (Å²) in [4.78, 5) is 17.6. The lowest BCUT2D eigenvalue weighted by Crippen LogP contribution is -2.25. The van der Waals surface area contributed by atoms with Gasteiger partial charge >= 0.3 is 0 Å². The number of rotatable bonds is 6. The second kappa shape index (κ2) is 8.39. The number of amides is 1. The summed E-state index contributed by atoms with van der Waals surface area (Å²) in [6.07, 6.45) is 0. The Morgan fingerprint density at radius 1 is 1.26 bits per heavy atom. The molecule has 4 nitrogen and oxygen atoms in total. The number of methoxy groups -OCH3 is 1. The summed E-state index contributed by atoms with van der Waals surface area (Å²) in [6, 6.07) is 11.9. The maximum atomic E-state index is 13.4. The minimum Gasteiger partial charge on any atom is -0.497 e. The van der Waals surface area contributed by atoms with Gasteiger partial charge in [-0.3, -0.25) is 4.79 Å². The predicted molar refractivity (Wildman–Crippen MR) is 107 cm³/mol. The molecule has 6 heteroatoms. The van der Waals surface area contributed by atoms with Crippen LogP contribution in [0, 0.1) is 12.7 Å². The van der Waals surface area contributed by atoms with Crippen LogP contribution < -0.4 is 10.1 Å². The van der Waals surface area contributed by atoms with E-state index >= 15 is 0 Å². The maximum Gasteiger partial charge on any atom is 0.254 e. The van der Waals surface area contributed by atoms with Gasteiger partial charge in [-0.2, -0.15) is 0 Å². The van der Waals surface area contributed by atoms with E-state index in [9.17, 15) is 9.18 Å². The van der Waals surface area contributed by atoms with E-state index in [1.54, 1.807) is 19.2 Å². The van der Waals surface area contributed by atoms with Crippen LogP contribution in [0.1, 0.15) is 28.4 Å². The Bertz CT molecular complexity index is 991. The van der Waals surface area contributed by atoms with Crippen LogP contribution in [0.2, 0.25) is 0 Å². The Labute approximate surface area is 162 Å². The van der Waals surface area contributed by atoms with E-state index in [0.717, 1.165) is 28.0 Å². The molecule has 0 atom stereocenters. The van der Waals surface area contributed by atoms with Gasteiger partial charge in [0, 0.05) is 11.9 Å². The van der Waals surface area contributed by atoms with Gasteiger partial charge in [0.05, 0.1) is 18.2 Å². The first-order valence-corrected chi connectivity index (χ1v) is 9.65. The molecule has 1 heterocycles. The molecular formula is C21H21FN2O2S. The van der Waals surface area contributed by atoms with Crippen LogP contribution in [-0.4, -0.2) is 23.8 Å². The molecule has 0 bridgehead atoms. The molecular weight excluding hydrogens is 363 g/mol. The Balaban J connectivity index is 1.98. The Morgan fingerprint density at radius 3 is 2.78 bits per heavy atom. The summed E-state index contributed by atoms with van der Waals surface area (Å²) in [6.45, 7) is 4.19. The summed E-state index contributed by atoms with van der Waals surface area (Å²) in [5.41, 5.74) is 2.94. The van der Waals surface area contributed by atoms with Crippen LogP contribution in [-0.2, 0) is 6.54 Å². The standard InChI is InChI=1S/C21H21FN2O2S/c1-4-27-21-19(20(25)23-12-14-6-5-7-15(22)10-14)13(2)17-11-16(26-3)8-9-18(17)24-21/h5-11H,4,12H2,1-3H3,(H,23,25). The number of aryl methyl sites for hydroxylation is 1. The first kappa shape index (κ1) is 19.2. The third-order valence-corrected chi connectivity index (χ3v) is 5.13. The van der Waals surface area contributed by atoms with Crippen molar-refractivity contribution in [3.05, 3.63) is 65.0 Å². The first-order valence-electron chi connectivity index (χ1n) is 8.67. The highest BCUT2D eigenvalue weighted by Gasteiger charge is 2.19. The van der Waals surface area contributed by atoms with Gasteiger partial charge < -0.3 is 10.1 Å². The SMILES string of the molecule is CCSc1nc2ccc(OC)cc2c(C)c1C(=O)NCc1cccc(F)c1. The van der Waals surface area contributed by atoms with E-state index in [1.165, 1.54) is 23.9 Å². The average molecular weight is 384 g/mol. The number of carbonyl (C=O) groups is 1. The molecule has 0 aliphatic carbocycles. The highest BCUT2D eigenvalue weighted by atomic mass is 32.2. The average Bonchev–Trinajstić information content (AvgIpc) is 2.66. The number of thioether (sulfide) groups is 1. The second-order valence-electron chi connectivity index (χ2n) is 6.05. The summed E-state index contributed by atoms with van der Waals surface area (Å²) < 4.78 is 18.7. The molecule has 1 N–H and O–H groups in total. The molecule has 27 heavy (non-hydrogen) atoms. The minimum atomic E-state index is -0.320. The number of benzene rings is 2. The van der Waals surface area contributed by atoms with E-state index in [2.05, 4.69) is 10.3 Å². The van der Waals surface area contributed by atoms with Crippen LogP contribution in [0.5, 0.6) is 5.75 Å². The number of hydrogen-bond donors (Lipinski definition) is 1. The number of nitrogens with one attached hydrogen (secondary N) is 1. The lowest BCUT2D eigenvalue weighted by molar-refractivity contribution is 0.0947. The molecule has 1 aromatic heterocycles. The predicted octanol–water partition coefficient (Wildman–Crippen LogP) is 4.73. The maximum absolute atomic E-state index is 13.4. The molecule has 0 fully saturated rings. The molecule has 2 aromatic carbocycles. The largest absolute Gasteiger partial charge is 0.497 e. The fourth-order valence-electron chi connectivity index (χ4n) is 2.93. The van der Waals surface area contributed by atoms with E-state index < -0.39 is 0 Å². The minimum absolute atomic E-state index is 0.218. The lowest BCUT2D eigenvalue weighted by atomic mass is 10.0. The van der Waals surface area contributed by atoms with Crippen LogP contribution in [0.25, 0.3) is 10.9 Å². The van der Waals surface area contributed by atoms with Gasteiger partial charge in [0.25, 0.3) is 5.91 Å². The summed E-state index contributed by atoms with van der Waals surface area (Å²) in [7, 11) is 1.61. The lowest BCUT2D eigenvalue weighted by Gasteiger charge is -2.15. The van der Waals surface area contributed by atoms with Crippen molar-refractivity contribution in [2.24, 2.45) is 0 Å². The Hall–Kier alpha value is -2.60. The zero-order chi connectivity index (χ0) is 19.4. The third kappa shape index (κ3) is 4.22. The van der Waals surface area contributed by atoms with Gasteiger partial charge in [0.2, 0.25) is 0 Å². The van der Waals surface area contributed by atoms with Crippen molar-refractivity contribution < 1.29 is 13.9 Å². The molecule has 0 unspecified atom stereocenters. The zero-order valence-electron chi connectivity index (χ0n) is 15.5. The number of pyridine rings is 1. The van der Waals surface area contributed by atoms with Gasteiger partial charge in [-0.15, -0.1) is 11.8 Å². The highest BCUT2D eigenvalue weighted by molar-refractivity contribution is 7.99. The quantitative estimate of drug-likeness (QED) is 0.624. The molecule has 1 amide bonds. The zero-order valence-corrected chi connectivity index (χ0v) is 16.3. The second-order valence-corrected chi connectivity index (χ2v) is 7.30. The van der Waals surface area contributed by atoms with Crippen molar-refractivity contribution in [2.45, 2.75) is 25.4 Å². The normalized spacial score (nSPS) is 10.8. The number of ether oxygens (including phenoxy) is 1. The van der Waals surface area contributed by atoms with Crippen molar-refractivity contribution in [3.8, 4) is 5.75 Å². The van der Waals surface area contributed by atoms with Crippen LogP contribution in [0.4, 0.5) is 4.39 Å². The van der Waals surface area contributed by atoms with Crippen molar-refractivity contribution in [2.75, 3.05) is 12.9 Å². The number of fused-ring (bicyclic) bond motifs is 1. The molecule has 0 saturated carbocycles. The van der Waals surface area contributed by atoms with E-state index in [1.807, 2.05) is 32.0 Å². The van der Waals surface area contributed by atoms with Gasteiger partial charge in [0.15, 0.2) is 0 Å². The number of halogens is 1. The molecule has 3 aromatic rings. The number of nitrogens with zero attached hydrogens (tertiary/aromatic N) is 1. The topological polar surface area (TPSA) is 51.2 Å². The molecule has 0 aliphatic heterocycles. The third-order valence-electron chi connectivity index (χ3n) is 4.27.